The molecule has 1 aromatic rings. The molecule has 2 fully saturated rings. The molecular weight excluding hydrogens is 264 g/mol. The maximum atomic E-state index is 12.4. The average molecular weight is 290 g/mol. The zero-order valence-corrected chi connectivity index (χ0v) is 12.9. The molecule has 5 heteroatoms. The minimum atomic E-state index is 0.347. The summed E-state index contributed by atoms with van der Waals surface area (Å²) in [6, 6.07) is 0. The summed E-state index contributed by atoms with van der Waals surface area (Å²) in [5.74, 6) is 1.56. The van der Waals surface area contributed by atoms with Crippen LogP contribution in [-0.2, 0) is 11.8 Å². The summed E-state index contributed by atoms with van der Waals surface area (Å²) >= 11 is 0. The van der Waals surface area contributed by atoms with Crippen molar-refractivity contribution in [3.63, 3.8) is 0 Å². The molecule has 5 nitrogen and oxygen atoms in total. The Morgan fingerprint density at radius 1 is 1.38 bits per heavy atom. The lowest BCUT2D eigenvalue weighted by Gasteiger charge is -2.23. The Bertz CT molecular complexity index is 478. The smallest absolute Gasteiger partial charge is 0.222 e. The van der Waals surface area contributed by atoms with Gasteiger partial charge in [0.1, 0.15) is 0 Å². The van der Waals surface area contributed by atoms with Crippen LogP contribution in [0.1, 0.15) is 43.6 Å². The van der Waals surface area contributed by atoms with Crippen molar-refractivity contribution in [3.8, 4) is 0 Å². The van der Waals surface area contributed by atoms with Crippen molar-refractivity contribution < 1.29 is 4.79 Å². The van der Waals surface area contributed by atoms with E-state index in [1.807, 2.05) is 17.9 Å². The van der Waals surface area contributed by atoms with E-state index in [9.17, 15) is 4.79 Å². The van der Waals surface area contributed by atoms with Gasteiger partial charge in [-0.05, 0) is 50.3 Å². The maximum Gasteiger partial charge on any atom is 0.222 e. The number of nitrogens with one attached hydrogen (secondary N) is 1. The van der Waals surface area contributed by atoms with Crippen molar-refractivity contribution >= 4 is 5.91 Å². The van der Waals surface area contributed by atoms with Gasteiger partial charge in [-0.1, -0.05) is 0 Å². The van der Waals surface area contributed by atoms with Gasteiger partial charge < -0.3 is 10.2 Å². The molecule has 0 aromatic carbocycles. The van der Waals surface area contributed by atoms with E-state index in [1.165, 1.54) is 18.4 Å². The normalized spacial score (nSPS) is 23.7. The van der Waals surface area contributed by atoms with Gasteiger partial charge in [-0.2, -0.15) is 5.10 Å². The Morgan fingerprint density at radius 2 is 2.19 bits per heavy atom. The number of amides is 1. The third-order valence-electron chi connectivity index (χ3n) is 4.96. The van der Waals surface area contributed by atoms with Gasteiger partial charge >= 0.3 is 0 Å². The van der Waals surface area contributed by atoms with E-state index >= 15 is 0 Å². The molecule has 0 saturated carbocycles. The second-order valence-electron chi connectivity index (χ2n) is 6.50. The van der Waals surface area contributed by atoms with Gasteiger partial charge in [0.2, 0.25) is 5.91 Å². The Balaban J connectivity index is 1.45. The average Bonchev–Trinajstić information content (AvgIpc) is 3.14. The van der Waals surface area contributed by atoms with Crippen LogP contribution in [0.3, 0.4) is 0 Å². The molecule has 0 spiro atoms. The Hall–Kier alpha value is -1.36. The first-order valence-electron chi connectivity index (χ1n) is 8.19. The van der Waals surface area contributed by atoms with E-state index in [0.717, 1.165) is 51.4 Å². The fraction of sp³-hybridized carbons (Fsp3) is 0.750. The SMILES string of the molecule is Cn1cc(C2CCN(C(=O)CCC3CCNCC3)C2)cn1. The van der Waals surface area contributed by atoms with E-state index in [0.29, 0.717) is 11.8 Å². The fourth-order valence-corrected chi connectivity index (χ4v) is 3.57. The van der Waals surface area contributed by atoms with Gasteiger partial charge in [-0.15, -0.1) is 0 Å². The molecule has 1 aromatic heterocycles. The predicted molar refractivity (Wildman–Crippen MR) is 82.0 cm³/mol. The van der Waals surface area contributed by atoms with Gasteiger partial charge in [0, 0.05) is 38.7 Å². The maximum absolute atomic E-state index is 12.4. The van der Waals surface area contributed by atoms with Crippen molar-refractivity contribution in [1.29, 1.82) is 0 Å². The van der Waals surface area contributed by atoms with Crippen LogP contribution in [0.2, 0.25) is 0 Å². The van der Waals surface area contributed by atoms with E-state index in [-0.39, 0.29) is 0 Å². The van der Waals surface area contributed by atoms with E-state index < -0.39 is 0 Å². The number of rotatable bonds is 4. The van der Waals surface area contributed by atoms with E-state index in [4.69, 9.17) is 0 Å². The number of hydrogen-bond donors (Lipinski definition) is 1. The molecule has 0 radical (unpaired) electrons. The highest BCUT2D eigenvalue weighted by molar-refractivity contribution is 5.76. The van der Waals surface area contributed by atoms with Crippen LogP contribution in [0.4, 0.5) is 0 Å². The number of carbonyl (C=O) groups is 1. The highest BCUT2D eigenvalue weighted by Crippen LogP contribution is 2.28. The third kappa shape index (κ3) is 3.64. The molecule has 1 atom stereocenters. The lowest BCUT2D eigenvalue weighted by atomic mass is 9.93. The number of aromatic nitrogens is 2. The summed E-state index contributed by atoms with van der Waals surface area (Å²) < 4.78 is 1.84. The molecule has 1 amide bonds. The van der Waals surface area contributed by atoms with Gasteiger partial charge in [0.25, 0.3) is 0 Å². The highest BCUT2D eigenvalue weighted by Gasteiger charge is 2.28. The van der Waals surface area contributed by atoms with Gasteiger partial charge in [0.05, 0.1) is 6.20 Å². The third-order valence-corrected chi connectivity index (χ3v) is 4.96. The summed E-state index contributed by atoms with van der Waals surface area (Å²) in [6.07, 6.45) is 9.34. The minimum absolute atomic E-state index is 0.347. The van der Waals surface area contributed by atoms with Crippen LogP contribution < -0.4 is 5.32 Å². The fourth-order valence-electron chi connectivity index (χ4n) is 3.57. The molecule has 0 bridgehead atoms. The molecule has 3 heterocycles. The van der Waals surface area contributed by atoms with Crippen LogP contribution in [0.15, 0.2) is 12.4 Å². The molecule has 116 valence electrons. The monoisotopic (exact) mass is 290 g/mol. The number of piperidine rings is 1. The van der Waals surface area contributed by atoms with Crippen molar-refractivity contribution in [3.05, 3.63) is 18.0 Å². The lowest BCUT2D eigenvalue weighted by Crippen LogP contribution is -2.31. The first-order chi connectivity index (χ1) is 10.2. The summed E-state index contributed by atoms with van der Waals surface area (Å²) in [4.78, 5) is 14.4. The molecule has 1 N–H and O–H groups in total. The largest absolute Gasteiger partial charge is 0.342 e. The van der Waals surface area contributed by atoms with E-state index in [2.05, 4.69) is 21.5 Å². The van der Waals surface area contributed by atoms with Gasteiger partial charge in [0.15, 0.2) is 0 Å². The zero-order valence-electron chi connectivity index (χ0n) is 12.9. The Kier molecular flexibility index (Phi) is 4.58. The topological polar surface area (TPSA) is 50.2 Å². The lowest BCUT2D eigenvalue weighted by molar-refractivity contribution is -0.130. The van der Waals surface area contributed by atoms with Crippen LogP contribution in [0.25, 0.3) is 0 Å². The molecule has 2 aliphatic rings. The number of aryl methyl sites for hydroxylation is 1. The molecule has 21 heavy (non-hydrogen) atoms. The van der Waals surface area contributed by atoms with Crippen LogP contribution in [0.5, 0.6) is 0 Å². The van der Waals surface area contributed by atoms with Gasteiger partial charge in [-0.25, -0.2) is 0 Å². The standard InChI is InChI=1S/C16H26N4O/c1-19-11-15(10-18-19)14-6-9-20(12-14)16(21)3-2-13-4-7-17-8-5-13/h10-11,13-14,17H,2-9,12H2,1H3. The minimum Gasteiger partial charge on any atom is -0.342 e. The van der Waals surface area contributed by atoms with Crippen LogP contribution >= 0.6 is 0 Å². The van der Waals surface area contributed by atoms with E-state index in [1.54, 1.807) is 0 Å². The quantitative estimate of drug-likeness (QED) is 0.914. The van der Waals surface area contributed by atoms with Crippen molar-refractivity contribution in [2.75, 3.05) is 26.2 Å². The first kappa shape index (κ1) is 14.6. The Morgan fingerprint density at radius 3 is 2.90 bits per heavy atom. The van der Waals surface area contributed by atoms with Crippen LogP contribution in [0, 0.1) is 5.92 Å². The number of hydrogen-bond acceptors (Lipinski definition) is 3. The van der Waals surface area contributed by atoms with Crippen molar-refractivity contribution in [2.45, 2.75) is 38.0 Å². The summed E-state index contributed by atoms with van der Waals surface area (Å²) in [5, 5.41) is 7.62. The van der Waals surface area contributed by atoms with Crippen molar-refractivity contribution in [2.24, 2.45) is 13.0 Å². The summed E-state index contributed by atoms with van der Waals surface area (Å²) in [7, 11) is 1.94. The molecule has 0 aliphatic carbocycles. The Labute approximate surface area is 126 Å². The van der Waals surface area contributed by atoms with Crippen LogP contribution in [-0.4, -0.2) is 46.8 Å². The predicted octanol–water partition coefficient (Wildman–Crippen LogP) is 1.52. The number of carbonyl (C=O) groups excluding carboxylic acids is 1. The number of likely N-dealkylation sites (tertiary alicyclic amines) is 1. The van der Waals surface area contributed by atoms with Crippen molar-refractivity contribution in [1.82, 2.24) is 20.0 Å². The molecule has 1 unspecified atom stereocenters. The second kappa shape index (κ2) is 6.60. The summed E-state index contributed by atoms with van der Waals surface area (Å²) in [6.45, 7) is 4.01. The summed E-state index contributed by atoms with van der Waals surface area (Å²) in [5.41, 5.74) is 1.27. The van der Waals surface area contributed by atoms with Gasteiger partial charge in [-0.3, -0.25) is 9.48 Å². The number of nitrogens with zero attached hydrogens (tertiary/aromatic N) is 3. The molecular formula is C16H26N4O. The zero-order chi connectivity index (χ0) is 14.7. The second-order valence-corrected chi connectivity index (χ2v) is 6.50. The highest BCUT2D eigenvalue weighted by atomic mass is 16.2. The molecule has 2 saturated heterocycles. The molecule has 2 aliphatic heterocycles. The molecule has 3 rings (SSSR count). The first-order valence-corrected chi connectivity index (χ1v) is 8.19.